The molecule has 0 saturated carbocycles. The molecule has 0 spiro atoms. The third-order valence-corrected chi connectivity index (χ3v) is 3.90. The Morgan fingerprint density at radius 1 is 1.09 bits per heavy atom. The first-order chi connectivity index (χ1) is 10.8. The van der Waals surface area contributed by atoms with E-state index < -0.39 is 0 Å². The maximum atomic E-state index is 5.67. The molecule has 112 valence electrons. The van der Waals surface area contributed by atoms with E-state index in [1.807, 2.05) is 42.5 Å². The number of ether oxygens (including phenoxy) is 1. The summed E-state index contributed by atoms with van der Waals surface area (Å²) in [7, 11) is 1.65. The highest BCUT2D eigenvalue weighted by Gasteiger charge is 2.10. The molecule has 0 saturated heterocycles. The molecule has 2 aromatic heterocycles. The van der Waals surface area contributed by atoms with Crippen LogP contribution < -0.4 is 4.74 Å². The molecule has 1 aromatic carbocycles. The predicted molar refractivity (Wildman–Crippen MR) is 83.9 cm³/mol. The molecule has 3 rings (SSSR count). The summed E-state index contributed by atoms with van der Waals surface area (Å²) < 4.78 is 11.0. The Bertz CT molecular complexity index is 731. The number of para-hydroxylation sites is 1. The molecule has 0 aliphatic heterocycles. The summed E-state index contributed by atoms with van der Waals surface area (Å²) in [5.41, 5.74) is 2.01. The van der Waals surface area contributed by atoms with Gasteiger partial charge in [-0.2, -0.15) is 0 Å². The number of pyridine rings is 1. The Morgan fingerprint density at radius 3 is 2.77 bits per heavy atom. The van der Waals surface area contributed by atoms with Crippen LogP contribution in [0.5, 0.6) is 5.75 Å². The van der Waals surface area contributed by atoms with Crippen molar-refractivity contribution in [3.05, 3.63) is 65.8 Å². The summed E-state index contributed by atoms with van der Waals surface area (Å²) in [5, 5.41) is 8.70. The van der Waals surface area contributed by atoms with E-state index >= 15 is 0 Å². The lowest BCUT2D eigenvalue weighted by molar-refractivity contribution is 0.400. The van der Waals surface area contributed by atoms with Gasteiger partial charge in [0.1, 0.15) is 5.75 Å². The first kappa shape index (κ1) is 14.6. The third-order valence-electron chi connectivity index (χ3n) is 3.05. The van der Waals surface area contributed by atoms with Gasteiger partial charge in [0.15, 0.2) is 0 Å². The van der Waals surface area contributed by atoms with Crippen LogP contribution in [0.4, 0.5) is 0 Å². The minimum absolute atomic E-state index is 0.551. The molecule has 6 heteroatoms. The number of methoxy groups -OCH3 is 1. The molecular formula is C16H15N3O2S. The second-order valence-corrected chi connectivity index (χ2v) is 5.49. The molecule has 0 amide bonds. The van der Waals surface area contributed by atoms with E-state index in [1.165, 1.54) is 11.8 Å². The van der Waals surface area contributed by atoms with E-state index in [2.05, 4.69) is 15.2 Å². The Hall–Kier alpha value is -2.34. The number of nitrogens with zero attached hydrogens (tertiary/aromatic N) is 3. The molecule has 0 N–H and O–H groups in total. The summed E-state index contributed by atoms with van der Waals surface area (Å²) in [6.07, 6.45) is 2.33. The largest absolute Gasteiger partial charge is 0.496 e. The summed E-state index contributed by atoms with van der Waals surface area (Å²) in [5.74, 6) is 2.10. The summed E-state index contributed by atoms with van der Waals surface area (Å²) >= 11 is 1.48. The van der Waals surface area contributed by atoms with Crippen LogP contribution >= 0.6 is 11.8 Å². The maximum absolute atomic E-state index is 5.67. The maximum Gasteiger partial charge on any atom is 0.276 e. The minimum Gasteiger partial charge on any atom is -0.496 e. The lowest BCUT2D eigenvalue weighted by atomic mass is 10.1. The van der Waals surface area contributed by atoms with E-state index in [0.29, 0.717) is 23.3 Å². The van der Waals surface area contributed by atoms with Crippen molar-refractivity contribution >= 4 is 11.8 Å². The highest BCUT2D eigenvalue weighted by molar-refractivity contribution is 7.98. The van der Waals surface area contributed by atoms with Crippen LogP contribution in [-0.2, 0) is 12.2 Å². The van der Waals surface area contributed by atoms with Gasteiger partial charge in [-0.1, -0.05) is 36.0 Å². The zero-order valence-electron chi connectivity index (χ0n) is 12.1. The molecule has 3 aromatic rings. The van der Waals surface area contributed by atoms with Gasteiger partial charge in [-0.25, -0.2) is 0 Å². The fourth-order valence-electron chi connectivity index (χ4n) is 2.00. The van der Waals surface area contributed by atoms with E-state index in [1.54, 1.807) is 13.3 Å². The average molecular weight is 313 g/mol. The fourth-order valence-corrected chi connectivity index (χ4v) is 2.69. The van der Waals surface area contributed by atoms with Crippen molar-refractivity contribution < 1.29 is 9.15 Å². The number of aromatic nitrogens is 3. The second-order valence-electron chi connectivity index (χ2n) is 4.56. The van der Waals surface area contributed by atoms with E-state index in [4.69, 9.17) is 9.15 Å². The van der Waals surface area contributed by atoms with Crippen molar-refractivity contribution in [1.82, 2.24) is 15.2 Å². The molecule has 5 nitrogen and oxygen atoms in total. The molecule has 22 heavy (non-hydrogen) atoms. The average Bonchev–Trinajstić information content (AvgIpc) is 3.02. The van der Waals surface area contributed by atoms with Gasteiger partial charge in [0.05, 0.1) is 19.2 Å². The molecule has 0 aliphatic rings. The zero-order chi connectivity index (χ0) is 15.2. The molecule has 0 bridgehead atoms. The van der Waals surface area contributed by atoms with Crippen molar-refractivity contribution in [3.63, 3.8) is 0 Å². The standard InChI is InChI=1S/C16H15N3O2S/c1-20-14-8-3-2-6-12(14)10-15-18-19-16(21-15)22-11-13-7-4-5-9-17-13/h2-9H,10-11H2,1H3. The van der Waals surface area contributed by atoms with Crippen molar-refractivity contribution in [1.29, 1.82) is 0 Å². The second kappa shape index (κ2) is 7.09. The van der Waals surface area contributed by atoms with Crippen LogP contribution in [0.1, 0.15) is 17.1 Å². The van der Waals surface area contributed by atoms with Crippen LogP contribution in [0, 0.1) is 0 Å². The summed E-state index contributed by atoms with van der Waals surface area (Å²) in [6, 6.07) is 13.6. The summed E-state index contributed by atoms with van der Waals surface area (Å²) in [4.78, 5) is 4.26. The van der Waals surface area contributed by atoms with Crippen LogP contribution in [0.2, 0.25) is 0 Å². The number of thioether (sulfide) groups is 1. The normalized spacial score (nSPS) is 10.6. The van der Waals surface area contributed by atoms with Gasteiger partial charge in [0.2, 0.25) is 5.89 Å². The predicted octanol–water partition coefficient (Wildman–Crippen LogP) is 3.36. The van der Waals surface area contributed by atoms with Gasteiger partial charge in [0, 0.05) is 17.5 Å². The molecule has 0 aliphatic carbocycles. The van der Waals surface area contributed by atoms with Crippen LogP contribution in [0.3, 0.4) is 0 Å². The topological polar surface area (TPSA) is 61.0 Å². The molecule has 0 fully saturated rings. The highest BCUT2D eigenvalue weighted by Crippen LogP contribution is 2.24. The third kappa shape index (κ3) is 3.65. The van der Waals surface area contributed by atoms with Gasteiger partial charge in [-0.05, 0) is 18.2 Å². The Balaban J connectivity index is 1.64. The first-order valence-corrected chi connectivity index (χ1v) is 7.80. The lowest BCUT2D eigenvalue weighted by Gasteiger charge is -2.05. The van der Waals surface area contributed by atoms with Gasteiger partial charge in [-0.15, -0.1) is 10.2 Å². The van der Waals surface area contributed by atoms with Crippen LogP contribution in [0.25, 0.3) is 0 Å². The van der Waals surface area contributed by atoms with Gasteiger partial charge < -0.3 is 9.15 Å². The molecule has 2 heterocycles. The van der Waals surface area contributed by atoms with Crippen molar-refractivity contribution in [2.45, 2.75) is 17.4 Å². The number of hydrogen-bond donors (Lipinski definition) is 0. The molecular weight excluding hydrogens is 298 g/mol. The smallest absolute Gasteiger partial charge is 0.276 e. The molecule has 0 unspecified atom stereocenters. The minimum atomic E-state index is 0.551. The highest BCUT2D eigenvalue weighted by atomic mass is 32.2. The quantitative estimate of drug-likeness (QED) is 0.650. The molecule has 0 radical (unpaired) electrons. The zero-order valence-corrected chi connectivity index (χ0v) is 12.9. The lowest BCUT2D eigenvalue weighted by Crippen LogP contribution is -1.93. The van der Waals surface area contributed by atoms with Gasteiger partial charge in [0.25, 0.3) is 5.22 Å². The number of rotatable bonds is 6. The fraction of sp³-hybridized carbons (Fsp3) is 0.188. The van der Waals surface area contributed by atoms with E-state index in [0.717, 1.165) is 17.0 Å². The number of hydrogen-bond acceptors (Lipinski definition) is 6. The Morgan fingerprint density at radius 2 is 1.95 bits per heavy atom. The Kier molecular flexibility index (Phi) is 4.70. The van der Waals surface area contributed by atoms with Gasteiger partial charge >= 0.3 is 0 Å². The first-order valence-electron chi connectivity index (χ1n) is 6.82. The van der Waals surface area contributed by atoms with E-state index in [9.17, 15) is 0 Å². The summed E-state index contributed by atoms with van der Waals surface area (Å²) in [6.45, 7) is 0. The van der Waals surface area contributed by atoms with Gasteiger partial charge in [-0.3, -0.25) is 4.98 Å². The van der Waals surface area contributed by atoms with Crippen molar-refractivity contribution in [2.75, 3.05) is 7.11 Å². The van der Waals surface area contributed by atoms with Crippen molar-refractivity contribution in [2.24, 2.45) is 0 Å². The monoisotopic (exact) mass is 313 g/mol. The van der Waals surface area contributed by atoms with Crippen LogP contribution in [-0.4, -0.2) is 22.3 Å². The van der Waals surface area contributed by atoms with Crippen molar-refractivity contribution in [3.8, 4) is 5.75 Å². The number of benzene rings is 1. The SMILES string of the molecule is COc1ccccc1Cc1nnc(SCc2ccccn2)o1. The Labute approximate surface area is 132 Å². The molecule has 0 atom stereocenters. The van der Waals surface area contributed by atoms with E-state index in [-0.39, 0.29) is 0 Å². The van der Waals surface area contributed by atoms with Crippen LogP contribution in [0.15, 0.2) is 58.3 Å².